The van der Waals surface area contributed by atoms with Crippen molar-refractivity contribution in [1.29, 1.82) is 5.26 Å². The maximum Gasteiger partial charge on any atom is 0.252 e. The number of aryl methyl sites for hydroxylation is 1. The first-order valence-electron chi connectivity index (χ1n) is 6.17. The second-order valence-electron chi connectivity index (χ2n) is 4.16. The van der Waals surface area contributed by atoms with E-state index in [9.17, 15) is 0 Å². The Morgan fingerprint density at radius 2 is 2.25 bits per heavy atom. The summed E-state index contributed by atoms with van der Waals surface area (Å²) in [5, 5.41) is 12.6. The third-order valence-electron chi connectivity index (χ3n) is 2.78. The number of ether oxygens (including phenoxy) is 3. The lowest BCUT2D eigenvalue weighted by molar-refractivity contribution is 0.173. The molecule has 0 fully saturated rings. The summed E-state index contributed by atoms with van der Waals surface area (Å²) < 4.78 is 17.8. The zero-order valence-electron chi connectivity index (χ0n) is 10.7. The van der Waals surface area contributed by atoms with E-state index >= 15 is 0 Å². The van der Waals surface area contributed by atoms with Crippen molar-refractivity contribution in [2.45, 2.75) is 13.0 Å². The van der Waals surface area contributed by atoms with Gasteiger partial charge in [-0.15, -0.1) is 5.10 Å². The molecule has 0 saturated heterocycles. The van der Waals surface area contributed by atoms with Crippen LogP contribution in [0.25, 0.3) is 0 Å². The first kappa shape index (κ1) is 12.3. The van der Waals surface area contributed by atoms with Gasteiger partial charge < -0.3 is 14.2 Å². The number of fused-ring (bicyclic) bond motifs is 1. The van der Waals surface area contributed by atoms with Crippen LogP contribution in [0.1, 0.15) is 12.2 Å². The van der Waals surface area contributed by atoms with Crippen LogP contribution in [0.5, 0.6) is 17.2 Å². The summed E-state index contributed by atoms with van der Waals surface area (Å²) in [5.41, 5.74) is 0. The lowest BCUT2D eigenvalue weighted by Crippen LogP contribution is -2.05. The Balaban J connectivity index is 1.47. The predicted molar refractivity (Wildman–Crippen MR) is 67.4 cm³/mol. The highest BCUT2D eigenvalue weighted by molar-refractivity contribution is 5.46. The Bertz CT molecular complexity index is 647. The number of benzene rings is 1. The highest BCUT2D eigenvalue weighted by atomic mass is 16.7. The van der Waals surface area contributed by atoms with E-state index in [0.717, 1.165) is 17.9 Å². The van der Waals surface area contributed by atoms with Crippen molar-refractivity contribution in [2.24, 2.45) is 0 Å². The molecule has 0 atom stereocenters. The molecule has 0 radical (unpaired) electrons. The van der Waals surface area contributed by atoms with Gasteiger partial charge in [-0.25, -0.2) is 4.98 Å². The van der Waals surface area contributed by atoms with Crippen LogP contribution in [0, 0.1) is 11.3 Å². The van der Waals surface area contributed by atoms with Crippen LogP contribution in [0.3, 0.4) is 0 Å². The monoisotopic (exact) mass is 272 g/mol. The highest BCUT2D eigenvalue weighted by Gasteiger charge is 2.13. The zero-order chi connectivity index (χ0) is 13.8. The van der Waals surface area contributed by atoms with E-state index in [-0.39, 0.29) is 12.6 Å². The lowest BCUT2D eigenvalue weighted by Gasteiger charge is -2.06. The fourth-order valence-corrected chi connectivity index (χ4v) is 1.84. The third-order valence-corrected chi connectivity index (χ3v) is 2.78. The molecule has 0 N–H and O–H groups in total. The standard InChI is InChI=1S/C13H12N4O3/c14-7-13-15-8-17(16-13)4-1-5-18-10-2-3-11-12(6-10)20-9-19-11/h2-3,6,8H,1,4-5,9H2. The van der Waals surface area contributed by atoms with E-state index < -0.39 is 0 Å². The Hall–Kier alpha value is -2.75. The Morgan fingerprint density at radius 3 is 3.10 bits per heavy atom. The second kappa shape index (κ2) is 5.48. The molecular formula is C13H12N4O3. The molecule has 0 saturated carbocycles. The van der Waals surface area contributed by atoms with Crippen LogP contribution in [-0.4, -0.2) is 28.2 Å². The molecule has 1 aliphatic rings. The Morgan fingerprint density at radius 1 is 1.35 bits per heavy atom. The van der Waals surface area contributed by atoms with Gasteiger partial charge in [0.15, 0.2) is 11.5 Å². The minimum atomic E-state index is 0.182. The van der Waals surface area contributed by atoms with Gasteiger partial charge >= 0.3 is 0 Å². The molecule has 0 spiro atoms. The predicted octanol–water partition coefficient (Wildman–Crippen LogP) is 1.35. The average Bonchev–Trinajstić information content (AvgIpc) is 3.11. The highest BCUT2D eigenvalue weighted by Crippen LogP contribution is 2.35. The van der Waals surface area contributed by atoms with Crippen molar-refractivity contribution in [1.82, 2.24) is 14.8 Å². The van der Waals surface area contributed by atoms with Crippen molar-refractivity contribution in [3.63, 3.8) is 0 Å². The molecule has 20 heavy (non-hydrogen) atoms. The fraction of sp³-hybridized carbons (Fsp3) is 0.308. The van der Waals surface area contributed by atoms with Gasteiger partial charge in [0.25, 0.3) is 5.82 Å². The quantitative estimate of drug-likeness (QED) is 0.764. The average molecular weight is 272 g/mol. The van der Waals surface area contributed by atoms with Crippen molar-refractivity contribution >= 4 is 0 Å². The van der Waals surface area contributed by atoms with Crippen molar-refractivity contribution in [2.75, 3.05) is 13.4 Å². The zero-order valence-corrected chi connectivity index (χ0v) is 10.7. The van der Waals surface area contributed by atoms with Gasteiger partial charge in [-0.2, -0.15) is 5.26 Å². The van der Waals surface area contributed by atoms with Crippen LogP contribution in [-0.2, 0) is 6.54 Å². The molecule has 1 aromatic heterocycles. The molecule has 7 nitrogen and oxygen atoms in total. The lowest BCUT2D eigenvalue weighted by atomic mass is 10.3. The number of aromatic nitrogens is 3. The number of nitrogens with zero attached hydrogens (tertiary/aromatic N) is 4. The fourth-order valence-electron chi connectivity index (χ4n) is 1.84. The summed E-state index contributed by atoms with van der Waals surface area (Å²) in [7, 11) is 0. The maximum atomic E-state index is 8.61. The van der Waals surface area contributed by atoms with E-state index in [1.54, 1.807) is 11.0 Å². The molecule has 0 amide bonds. The largest absolute Gasteiger partial charge is 0.493 e. The molecule has 1 aliphatic heterocycles. The first-order chi connectivity index (χ1) is 9.85. The minimum absolute atomic E-state index is 0.182. The van der Waals surface area contributed by atoms with Crippen LogP contribution >= 0.6 is 0 Å². The van der Waals surface area contributed by atoms with E-state index in [1.807, 2.05) is 24.3 Å². The first-order valence-corrected chi connectivity index (χ1v) is 6.17. The summed E-state index contributed by atoms with van der Waals surface area (Å²) in [6.07, 6.45) is 2.31. The molecule has 1 aromatic carbocycles. The number of hydrogen-bond donors (Lipinski definition) is 0. The Kier molecular flexibility index (Phi) is 3.37. The summed E-state index contributed by atoms with van der Waals surface area (Å²) in [4.78, 5) is 3.83. The van der Waals surface area contributed by atoms with Crippen LogP contribution in [0.4, 0.5) is 0 Å². The summed E-state index contributed by atoms with van der Waals surface area (Å²) in [6, 6.07) is 7.37. The molecule has 0 aliphatic carbocycles. The smallest absolute Gasteiger partial charge is 0.252 e. The van der Waals surface area contributed by atoms with Gasteiger partial charge in [0.2, 0.25) is 6.79 Å². The number of hydrogen-bond acceptors (Lipinski definition) is 6. The van der Waals surface area contributed by atoms with Gasteiger partial charge in [-0.05, 0) is 12.1 Å². The molecule has 0 unspecified atom stereocenters. The maximum absolute atomic E-state index is 8.61. The van der Waals surface area contributed by atoms with Gasteiger partial charge in [-0.3, -0.25) is 4.68 Å². The van der Waals surface area contributed by atoms with Gasteiger partial charge in [0.1, 0.15) is 18.1 Å². The van der Waals surface area contributed by atoms with Gasteiger partial charge in [-0.1, -0.05) is 0 Å². The molecule has 0 bridgehead atoms. The van der Waals surface area contributed by atoms with Gasteiger partial charge in [0, 0.05) is 19.0 Å². The number of rotatable bonds is 5. The molecule has 7 heteroatoms. The van der Waals surface area contributed by atoms with Crippen molar-refractivity contribution in [3.8, 4) is 23.3 Å². The molecule has 2 heterocycles. The van der Waals surface area contributed by atoms with Gasteiger partial charge in [0.05, 0.1) is 6.61 Å². The van der Waals surface area contributed by atoms with E-state index in [2.05, 4.69) is 10.1 Å². The van der Waals surface area contributed by atoms with Crippen LogP contribution in [0.2, 0.25) is 0 Å². The van der Waals surface area contributed by atoms with Crippen molar-refractivity contribution < 1.29 is 14.2 Å². The summed E-state index contributed by atoms with van der Waals surface area (Å²) in [5.74, 6) is 2.37. The number of nitriles is 1. The summed E-state index contributed by atoms with van der Waals surface area (Å²) in [6.45, 7) is 1.45. The Labute approximate surface area is 115 Å². The third kappa shape index (κ3) is 2.64. The molecule has 102 valence electrons. The van der Waals surface area contributed by atoms with Crippen LogP contribution < -0.4 is 14.2 Å². The molecule has 3 rings (SSSR count). The minimum Gasteiger partial charge on any atom is -0.493 e. The summed E-state index contributed by atoms with van der Waals surface area (Å²) >= 11 is 0. The van der Waals surface area contributed by atoms with Crippen molar-refractivity contribution in [3.05, 3.63) is 30.4 Å². The van der Waals surface area contributed by atoms with E-state index in [0.29, 0.717) is 18.9 Å². The van der Waals surface area contributed by atoms with E-state index in [1.165, 1.54) is 0 Å². The topological polar surface area (TPSA) is 82.2 Å². The normalized spacial score (nSPS) is 12.2. The van der Waals surface area contributed by atoms with E-state index in [4.69, 9.17) is 19.5 Å². The molecule has 2 aromatic rings. The molecular weight excluding hydrogens is 260 g/mol. The van der Waals surface area contributed by atoms with Crippen LogP contribution in [0.15, 0.2) is 24.5 Å². The SMILES string of the molecule is N#Cc1ncn(CCCOc2ccc3c(c2)OCO3)n1. The second-order valence-corrected chi connectivity index (χ2v) is 4.16.